The molecule has 0 aliphatic heterocycles. The third-order valence-corrected chi connectivity index (χ3v) is 4.14. The third-order valence-electron chi connectivity index (χ3n) is 4.14. The molecule has 114 valence electrons. The number of hydrogen-bond donors (Lipinski definition) is 1. The fourth-order valence-corrected chi connectivity index (χ4v) is 2.75. The van der Waals surface area contributed by atoms with Gasteiger partial charge in [-0.15, -0.1) is 0 Å². The first-order valence-corrected chi connectivity index (χ1v) is 8.50. The van der Waals surface area contributed by atoms with E-state index >= 15 is 0 Å². The number of benzene rings is 1. The zero-order chi connectivity index (χ0) is 14.8. The van der Waals surface area contributed by atoms with Crippen LogP contribution in [0.4, 0.5) is 0 Å². The molecule has 0 amide bonds. The quantitative estimate of drug-likeness (QED) is 0.524. The molecule has 1 nitrogen and oxygen atoms in total. The minimum absolute atomic E-state index is 0.512. The van der Waals surface area contributed by atoms with Crippen LogP contribution in [-0.2, 0) is 12.8 Å². The van der Waals surface area contributed by atoms with Gasteiger partial charge in [-0.3, -0.25) is 0 Å². The Bertz CT molecular complexity index is 344. The molecule has 0 saturated heterocycles. The highest BCUT2D eigenvalue weighted by molar-refractivity contribution is 5.41. The van der Waals surface area contributed by atoms with Gasteiger partial charge < -0.3 is 5.11 Å². The largest absolute Gasteiger partial charge is 0.508 e. The van der Waals surface area contributed by atoms with E-state index in [9.17, 15) is 5.11 Å². The first kappa shape index (κ1) is 17.1. The van der Waals surface area contributed by atoms with E-state index in [1.807, 2.05) is 6.07 Å². The number of phenolic OH excluding ortho intramolecular Hbond substituents is 1. The molecule has 0 aliphatic carbocycles. The summed E-state index contributed by atoms with van der Waals surface area (Å²) in [5.74, 6) is 0.512. The van der Waals surface area contributed by atoms with Crippen molar-refractivity contribution in [3.63, 3.8) is 0 Å². The van der Waals surface area contributed by atoms with E-state index < -0.39 is 0 Å². The monoisotopic (exact) mass is 276 g/mol. The smallest absolute Gasteiger partial charge is 0.119 e. The second-order valence-corrected chi connectivity index (χ2v) is 6.03. The molecule has 0 aromatic heterocycles. The lowest BCUT2D eigenvalue weighted by Crippen LogP contribution is -1.95. The predicted octanol–water partition coefficient (Wildman–Crippen LogP) is 5.95. The zero-order valence-corrected chi connectivity index (χ0v) is 13.7. The predicted molar refractivity (Wildman–Crippen MR) is 88.5 cm³/mol. The Kier molecular flexibility index (Phi) is 8.41. The van der Waals surface area contributed by atoms with E-state index in [0.29, 0.717) is 5.75 Å². The van der Waals surface area contributed by atoms with E-state index in [4.69, 9.17) is 0 Å². The van der Waals surface area contributed by atoms with Crippen LogP contribution in [-0.4, -0.2) is 5.11 Å². The Balaban J connectivity index is 2.52. The fraction of sp³-hybridized carbons (Fsp3) is 0.684. The van der Waals surface area contributed by atoms with Crippen LogP contribution in [0.2, 0.25) is 0 Å². The molecule has 0 heterocycles. The lowest BCUT2D eigenvalue weighted by atomic mass is 9.96. The molecule has 1 N–H and O–H groups in total. The molecule has 20 heavy (non-hydrogen) atoms. The van der Waals surface area contributed by atoms with Crippen molar-refractivity contribution in [1.29, 1.82) is 0 Å². The van der Waals surface area contributed by atoms with Crippen molar-refractivity contribution >= 4 is 0 Å². The molecule has 1 heteroatoms. The summed E-state index contributed by atoms with van der Waals surface area (Å²) in [6.45, 7) is 6.66. The normalized spacial score (nSPS) is 10.9. The van der Waals surface area contributed by atoms with Gasteiger partial charge in [0.1, 0.15) is 5.75 Å². The van der Waals surface area contributed by atoms with Crippen LogP contribution >= 0.6 is 0 Å². The molecule has 0 bridgehead atoms. The molecule has 0 atom stereocenters. The Morgan fingerprint density at radius 1 is 0.750 bits per heavy atom. The lowest BCUT2D eigenvalue weighted by Gasteiger charge is -2.11. The van der Waals surface area contributed by atoms with Gasteiger partial charge in [-0.2, -0.15) is 0 Å². The second-order valence-electron chi connectivity index (χ2n) is 6.03. The van der Waals surface area contributed by atoms with Gasteiger partial charge in [-0.1, -0.05) is 58.4 Å². The van der Waals surface area contributed by atoms with Crippen LogP contribution in [0.5, 0.6) is 5.75 Å². The van der Waals surface area contributed by atoms with Crippen LogP contribution in [0.1, 0.15) is 81.9 Å². The first-order valence-electron chi connectivity index (χ1n) is 8.50. The number of aromatic hydroxyl groups is 1. The van der Waals surface area contributed by atoms with Crippen LogP contribution in [0.15, 0.2) is 12.1 Å². The standard InChI is InChI=1S/C19H32O/c1-4-6-8-10-12-17-15-19(20)18(14-16(17)3)13-11-9-7-5-2/h14-15,20H,4-13H2,1-3H3. The van der Waals surface area contributed by atoms with Crippen LogP contribution in [0.3, 0.4) is 0 Å². The van der Waals surface area contributed by atoms with E-state index in [-0.39, 0.29) is 0 Å². The summed E-state index contributed by atoms with van der Waals surface area (Å²) >= 11 is 0. The maximum atomic E-state index is 10.2. The Hall–Kier alpha value is -0.980. The van der Waals surface area contributed by atoms with Crippen molar-refractivity contribution in [3.8, 4) is 5.75 Å². The van der Waals surface area contributed by atoms with Gasteiger partial charge >= 0.3 is 0 Å². The molecule has 0 aliphatic rings. The summed E-state index contributed by atoms with van der Waals surface area (Å²) in [6, 6.07) is 4.22. The SMILES string of the molecule is CCCCCCc1cc(O)c(CCCCCC)cc1C. The molecule has 0 spiro atoms. The topological polar surface area (TPSA) is 20.2 Å². The molecule has 1 rings (SSSR count). The summed E-state index contributed by atoms with van der Waals surface area (Å²) in [5, 5.41) is 10.2. The fourth-order valence-electron chi connectivity index (χ4n) is 2.75. The minimum atomic E-state index is 0.512. The van der Waals surface area contributed by atoms with Crippen molar-refractivity contribution in [2.75, 3.05) is 0 Å². The number of hydrogen-bond acceptors (Lipinski definition) is 1. The van der Waals surface area contributed by atoms with Crippen molar-refractivity contribution in [2.24, 2.45) is 0 Å². The van der Waals surface area contributed by atoms with Crippen LogP contribution < -0.4 is 0 Å². The molecule has 1 aromatic rings. The van der Waals surface area contributed by atoms with E-state index in [1.54, 1.807) is 0 Å². The molecule has 0 unspecified atom stereocenters. The van der Waals surface area contributed by atoms with Crippen molar-refractivity contribution in [2.45, 2.75) is 85.0 Å². The molecular formula is C19H32O. The Morgan fingerprint density at radius 3 is 1.85 bits per heavy atom. The maximum Gasteiger partial charge on any atom is 0.119 e. The summed E-state index contributed by atoms with van der Waals surface area (Å²) in [4.78, 5) is 0. The van der Waals surface area contributed by atoms with Crippen molar-refractivity contribution < 1.29 is 5.11 Å². The van der Waals surface area contributed by atoms with E-state index in [0.717, 1.165) is 18.4 Å². The molecule has 1 aromatic carbocycles. The molecule has 0 saturated carbocycles. The first-order chi connectivity index (χ1) is 9.69. The zero-order valence-electron chi connectivity index (χ0n) is 13.7. The summed E-state index contributed by atoms with van der Waals surface area (Å²) < 4.78 is 0. The molecule has 0 radical (unpaired) electrons. The second kappa shape index (κ2) is 9.85. The van der Waals surface area contributed by atoms with Gasteiger partial charge in [0.05, 0.1) is 0 Å². The number of aryl methyl sites for hydroxylation is 3. The van der Waals surface area contributed by atoms with Gasteiger partial charge in [0.2, 0.25) is 0 Å². The van der Waals surface area contributed by atoms with Gasteiger partial charge in [-0.05, 0) is 55.4 Å². The number of rotatable bonds is 10. The maximum absolute atomic E-state index is 10.2. The van der Waals surface area contributed by atoms with Gasteiger partial charge in [0, 0.05) is 0 Å². The third kappa shape index (κ3) is 5.98. The molecule has 0 fully saturated rings. The summed E-state index contributed by atoms with van der Waals surface area (Å²) in [6.07, 6.45) is 12.3. The van der Waals surface area contributed by atoms with E-state index in [1.165, 1.54) is 62.5 Å². The van der Waals surface area contributed by atoms with Crippen LogP contribution in [0, 0.1) is 6.92 Å². The highest BCUT2D eigenvalue weighted by Gasteiger charge is 2.06. The minimum Gasteiger partial charge on any atom is -0.508 e. The van der Waals surface area contributed by atoms with Crippen molar-refractivity contribution in [1.82, 2.24) is 0 Å². The average Bonchev–Trinajstić information content (AvgIpc) is 2.44. The number of unbranched alkanes of at least 4 members (excludes halogenated alkanes) is 6. The van der Waals surface area contributed by atoms with Gasteiger partial charge in [0.15, 0.2) is 0 Å². The Labute approximate surface area is 125 Å². The highest BCUT2D eigenvalue weighted by Crippen LogP contribution is 2.25. The van der Waals surface area contributed by atoms with E-state index in [2.05, 4.69) is 26.8 Å². The van der Waals surface area contributed by atoms with Gasteiger partial charge in [0.25, 0.3) is 0 Å². The average molecular weight is 276 g/mol. The van der Waals surface area contributed by atoms with Crippen LogP contribution in [0.25, 0.3) is 0 Å². The van der Waals surface area contributed by atoms with Gasteiger partial charge in [-0.25, -0.2) is 0 Å². The highest BCUT2D eigenvalue weighted by atomic mass is 16.3. The lowest BCUT2D eigenvalue weighted by molar-refractivity contribution is 0.465. The van der Waals surface area contributed by atoms with Crippen molar-refractivity contribution in [3.05, 3.63) is 28.8 Å². The summed E-state index contributed by atoms with van der Waals surface area (Å²) in [5.41, 5.74) is 3.82. The molecular weight excluding hydrogens is 244 g/mol. The number of phenols is 1. The Morgan fingerprint density at radius 2 is 1.30 bits per heavy atom. The summed E-state index contributed by atoms with van der Waals surface area (Å²) in [7, 11) is 0.